The van der Waals surface area contributed by atoms with Crippen molar-refractivity contribution >= 4 is 40.5 Å². The molecule has 30 heavy (non-hydrogen) atoms. The average molecular weight is 442 g/mol. The van der Waals surface area contributed by atoms with Crippen LogP contribution in [0.25, 0.3) is 0 Å². The molecule has 2 aromatic carbocycles. The Kier molecular flexibility index (Phi) is 6.24. The molecule has 2 atom stereocenters. The Morgan fingerprint density at radius 1 is 1.07 bits per heavy atom. The minimum atomic E-state index is -0.757. The molecule has 0 saturated carbocycles. The van der Waals surface area contributed by atoms with E-state index in [-0.39, 0.29) is 11.6 Å². The molecule has 0 spiro atoms. The lowest BCUT2D eigenvalue weighted by Crippen LogP contribution is -2.48. The van der Waals surface area contributed by atoms with Crippen LogP contribution in [0.1, 0.15) is 30.9 Å². The lowest BCUT2D eigenvalue weighted by molar-refractivity contribution is -0.119. The highest BCUT2D eigenvalue weighted by Gasteiger charge is 2.43. The molecule has 0 aliphatic carbocycles. The fraction of sp³-hybridized carbons (Fsp3) is 0.318. The van der Waals surface area contributed by atoms with E-state index in [0.29, 0.717) is 15.7 Å². The summed E-state index contributed by atoms with van der Waals surface area (Å²) in [7, 11) is 0. The smallest absolute Gasteiger partial charge is 0.283 e. The van der Waals surface area contributed by atoms with E-state index in [0.717, 1.165) is 37.9 Å². The van der Waals surface area contributed by atoms with Gasteiger partial charge in [-0.15, -0.1) is 0 Å². The monoisotopic (exact) mass is 441 g/mol. The zero-order chi connectivity index (χ0) is 21.1. The van der Waals surface area contributed by atoms with Crippen LogP contribution in [0.15, 0.2) is 53.6 Å². The third-order valence-corrected chi connectivity index (χ3v) is 5.96. The lowest BCUT2D eigenvalue weighted by Gasteiger charge is -2.27. The normalized spacial score (nSPS) is 21.8. The molecule has 0 aromatic heterocycles. The number of anilines is 1. The standard InChI is InChI=1S/C22H21Cl2N5O/c23-16-10-8-15(9-11-16)21-17(14-25)20(22(30)27-28-12-4-1-5-13-28)26-29(21)19-7-3-2-6-18(19)24/h2-3,6-11,17,21H,1,4-5,12-13H2,(H,27,30)/t17-,21+/m1/s1. The van der Waals surface area contributed by atoms with Crippen molar-refractivity contribution in [3.05, 3.63) is 64.1 Å². The number of nitrogens with one attached hydrogen (secondary N) is 1. The van der Waals surface area contributed by atoms with Crippen LogP contribution in [-0.2, 0) is 4.79 Å². The number of benzene rings is 2. The Bertz CT molecular complexity index is 995. The Balaban J connectivity index is 1.71. The molecule has 2 aromatic rings. The van der Waals surface area contributed by atoms with Gasteiger partial charge in [0.15, 0.2) is 0 Å². The van der Waals surface area contributed by atoms with Crippen LogP contribution in [0.4, 0.5) is 5.69 Å². The Morgan fingerprint density at radius 2 is 1.77 bits per heavy atom. The number of halogens is 2. The van der Waals surface area contributed by atoms with Crippen molar-refractivity contribution in [2.24, 2.45) is 11.0 Å². The molecule has 2 aliphatic rings. The molecule has 4 rings (SSSR count). The minimum absolute atomic E-state index is 0.183. The Morgan fingerprint density at radius 3 is 2.43 bits per heavy atom. The summed E-state index contributed by atoms with van der Waals surface area (Å²) in [5, 5.41) is 19.3. The third-order valence-electron chi connectivity index (χ3n) is 5.39. The highest BCUT2D eigenvalue weighted by molar-refractivity contribution is 6.41. The molecule has 6 nitrogen and oxygen atoms in total. The third kappa shape index (κ3) is 4.15. The van der Waals surface area contributed by atoms with Crippen molar-refractivity contribution in [2.45, 2.75) is 25.3 Å². The van der Waals surface area contributed by atoms with E-state index in [1.165, 1.54) is 0 Å². The molecular formula is C22H21Cl2N5O. The minimum Gasteiger partial charge on any atom is -0.284 e. The largest absolute Gasteiger partial charge is 0.284 e. The number of carbonyl (C=O) groups excluding carboxylic acids is 1. The molecule has 0 bridgehead atoms. The molecule has 1 fully saturated rings. The second kappa shape index (κ2) is 9.05. The summed E-state index contributed by atoms with van der Waals surface area (Å²) in [4.78, 5) is 13.1. The maximum atomic E-state index is 13.1. The first-order chi connectivity index (χ1) is 14.6. The van der Waals surface area contributed by atoms with Crippen molar-refractivity contribution in [1.82, 2.24) is 10.4 Å². The molecule has 8 heteroatoms. The highest BCUT2D eigenvalue weighted by atomic mass is 35.5. The fourth-order valence-corrected chi connectivity index (χ4v) is 4.24. The lowest BCUT2D eigenvalue weighted by atomic mass is 9.90. The summed E-state index contributed by atoms with van der Waals surface area (Å²) < 4.78 is 0. The summed E-state index contributed by atoms with van der Waals surface area (Å²) >= 11 is 12.5. The second-order valence-electron chi connectivity index (χ2n) is 7.37. The van der Waals surface area contributed by atoms with Crippen LogP contribution in [0.3, 0.4) is 0 Å². The van der Waals surface area contributed by atoms with Gasteiger partial charge >= 0.3 is 0 Å². The van der Waals surface area contributed by atoms with Crippen molar-refractivity contribution in [3.8, 4) is 6.07 Å². The number of hydrazone groups is 1. The van der Waals surface area contributed by atoms with Crippen LogP contribution in [0.2, 0.25) is 10.0 Å². The van der Waals surface area contributed by atoms with Crippen molar-refractivity contribution < 1.29 is 4.79 Å². The maximum Gasteiger partial charge on any atom is 0.283 e. The fourth-order valence-electron chi connectivity index (χ4n) is 3.89. The number of nitrogens with zero attached hydrogens (tertiary/aromatic N) is 4. The van der Waals surface area contributed by atoms with Crippen molar-refractivity contribution in [1.29, 1.82) is 5.26 Å². The van der Waals surface area contributed by atoms with Crippen LogP contribution < -0.4 is 10.4 Å². The molecular weight excluding hydrogens is 421 g/mol. The number of piperidine rings is 1. The molecule has 1 N–H and O–H groups in total. The van der Waals surface area contributed by atoms with Gasteiger partial charge in [0, 0.05) is 18.1 Å². The topological polar surface area (TPSA) is 71.7 Å². The molecule has 2 aliphatic heterocycles. The van der Waals surface area contributed by atoms with Gasteiger partial charge in [-0.3, -0.25) is 15.2 Å². The molecule has 2 heterocycles. The van der Waals surface area contributed by atoms with Gasteiger partial charge in [-0.1, -0.05) is 53.9 Å². The van der Waals surface area contributed by atoms with Gasteiger partial charge in [-0.2, -0.15) is 10.4 Å². The number of hydrogen-bond acceptors (Lipinski definition) is 5. The second-order valence-corrected chi connectivity index (χ2v) is 8.22. The van der Waals surface area contributed by atoms with E-state index in [1.807, 2.05) is 35.3 Å². The molecule has 154 valence electrons. The number of hydrazine groups is 1. The van der Waals surface area contributed by atoms with Gasteiger partial charge in [0.05, 0.1) is 22.8 Å². The number of amides is 1. The molecule has 1 amide bonds. The summed E-state index contributed by atoms with van der Waals surface area (Å²) in [6.07, 6.45) is 3.23. The Labute approximate surface area is 185 Å². The van der Waals surface area contributed by atoms with Gasteiger partial charge in [0.2, 0.25) is 0 Å². The van der Waals surface area contributed by atoms with Gasteiger partial charge in [-0.05, 0) is 42.7 Å². The summed E-state index contributed by atoms with van der Waals surface area (Å²) in [5.41, 5.74) is 4.58. The number of para-hydroxylation sites is 1. The number of carbonyl (C=O) groups is 1. The first kappa shape index (κ1) is 20.7. The molecule has 0 unspecified atom stereocenters. The maximum absolute atomic E-state index is 13.1. The van der Waals surface area contributed by atoms with Gasteiger partial charge in [0.1, 0.15) is 11.6 Å². The highest BCUT2D eigenvalue weighted by Crippen LogP contribution is 2.41. The van der Waals surface area contributed by atoms with E-state index in [2.05, 4.69) is 16.6 Å². The van der Waals surface area contributed by atoms with Gasteiger partial charge in [0.25, 0.3) is 5.91 Å². The molecule has 1 saturated heterocycles. The average Bonchev–Trinajstić information content (AvgIpc) is 3.15. The van der Waals surface area contributed by atoms with Gasteiger partial charge in [-0.25, -0.2) is 5.01 Å². The number of nitriles is 1. The number of rotatable bonds is 4. The summed E-state index contributed by atoms with van der Waals surface area (Å²) in [5.74, 6) is -1.11. The Hall–Kier alpha value is -2.59. The zero-order valence-electron chi connectivity index (χ0n) is 16.3. The first-order valence-corrected chi connectivity index (χ1v) is 10.7. The van der Waals surface area contributed by atoms with E-state index >= 15 is 0 Å². The molecule has 0 radical (unpaired) electrons. The predicted molar refractivity (Wildman–Crippen MR) is 118 cm³/mol. The van der Waals surface area contributed by atoms with E-state index < -0.39 is 12.0 Å². The van der Waals surface area contributed by atoms with Crippen LogP contribution in [-0.4, -0.2) is 29.7 Å². The SMILES string of the molecule is N#C[C@@H]1C(C(=O)NN2CCCCC2)=NN(c2ccccc2Cl)[C@H]1c1ccc(Cl)cc1. The zero-order valence-corrected chi connectivity index (χ0v) is 17.8. The van der Waals surface area contributed by atoms with E-state index in [9.17, 15) is 10.1 Å². The van der Waals surface area contributed by atoms with E-state index in [1.54, 1.807) is 23.2 Å². The predicted octanol–water partition coefficient (Wildman–Crippen LogP) is 4.57. The van der Waals surface area contributed by atoms with Crippen molar-refractivity contribution in [2.75, 3.05) is 18.1 Å². The quantitative estimate of drug-likeness (QED) is 0.753. The summed E-state index contributed by atoms with van der Waals surface area (Å²) in [6, 6.07) is 16.3. The van der Waals surface area contributed by atoms with Crippen molar-refractivity contribution in [3.63, 3.8) is 0 Å². The van der Waals surface area contributed by atoms with Gasteiger partial charge < -0.3 is 0 Å². The summed E-state index contributed by atoms with van der Waals surface area (Å²) in [6.45, 7) is 1.59. The van der Waals surface area contributed by atoms with Crippen LogP contribution in [0.5, 0.6) is 0 Å². The van der Waals surface area contributed by atoms with Crippen LogP contribution >= 0.6 is 23.2 Å². The number of hydrogen-bond donors (Lipinski definition) is 1. The van der Waals surface area contributed by atoms with E-state index in [4.69, 9.17) is 23.2 Å². The first-order valence-electron chi connectivity index (χ1n) is 9.92. The van der Waals surface area contributed by atoms with Crippen LogP contribution in [0, 0.1) is 17.2 Å².